The lowest BCUT2D eigenvalue weighted by molar-refractivity contribution is 0.0899. The van der Waals surface area contributed by atoms with Crippen LogP contribution >= 0.6 is 11.6 Å². The summed E-state index contributed by atoms with van der Waals surface area (Å²) in [7, 11) is 0. The fourth-order valence-corrected chi connectivity index (χ4v) is 1.83. The minimum atomic E-state index is -0.384. The highest BCUT2D eigenvalue weighted by molar-refractivity contribution is 6.31. The van der Waals surface area contributed by atoms with E-state index in [4.69, 9.17) is 16.1 Å². The molecule has 0 spiro atoms. The van der Waals surface area contributed by atoms with Crippen LogP contribution in [-0.4, -0.2) is 31.9 Å². The first kappa shape index (κ1) is 14.5. The Kier molecular flexibility index (Phi) is 4.08. The number of nitrogens with zero attached hydrogens (tertiary/aromatic N) is 4. The number of rotatable bonds is 4. The molecule has 7 nitrogen and oxygen atoms in total. The first-order chi connectivity index (χ1) is 9.38. The van der Waals surface area contributed by atoms with Crippen LogP contribution in [0.5, 0.6) is 0 Å². The molecule has 2 rings (SSSR count). The maximum atomic E-state index is 11.7. The van der Waals surface area contributed by atoms with Crippen molar-refractivity contribution in [1.29, 1.82) is 0 Å². The molecule has 0 saturated carbocycles. The molecule has 0 unspecified atom stereocenters. The van der Waals surface area contributed by atoms with E-state index in [0.29, 0.717) is 17.4 Å². The highest BCUT2D eigenvalue weighted by Crippen LogP contribution is 2.19. The van der Waals surface area contributed by atoms with Gasteiger partial charge in [0.1, 0.15) is 6.54 Å². The number of carbonyl (C=O) groups excluding carboxylic acids is 1. The third kappa shape index (κ3) is 2.98. The summed E-state index contributed by atoms with van der Waals surface area (Å²) in [5, 5.41) is 11.3. The second-order valence-corrected chi connectivity index (χ2v) is 5.16. The van der Waals surface area contributed by atoms with Crippen molar-refractivity contribution in [2.45, 2.75) is 40.3 Å². The molecule has 0 aromatic carbocycles. The smallest absolute Gasteiger partial charge is 0.316 e. The predicted octanol–water partition coefficient (Wildman–Crippen LogP) is 1.72. The van der Waals surface area contributed by atoms with Crippen LogP contribution in [0.25, 0.3) is 0 Å². The molecule has 8 heteroatoms. The van der Waals surface area contributed by atoms with Crippen LogP contribution in [0.4, 0.5) is 0 Å². The molecule has 1 N–H and O–H groups in total. The quantitative estimate of drug-likeness (QED) is 0.928. The normalized spacial score (nSPS) is 11.1. The lowest BCUT2D eigenvalue weighted by atomic mass is 10.4. The van der Waals surface area contributed by atoms with E-state index in [0.717, 1.165) is 11.4 Å². The summed E-state index contributed by atoms with van der Waals surface area (Å²) in [5.74, 6) is -0.0624. The Morgan fingerprint density at radius 3 is 2.70 bits per heavy atom. The lowest BCUT2D eigenvalue weighted by Crippen LogP contribution is -2.30. The van der Waals surface area contributed by atoms with Crippen LogP contribution in [0.2, 0.25) is 5.02 Å². The van der Waals surface area contributed by atoms with Gasteiger partial charge in [0.05, 0.1) is 16.4 Å². The van der Waals surface area contributed by atoms with E-state index in [1.165, 1.54) is 0 Å². The monoisotopic (exact) mass is 297 g/mol. The van der Waals surface area contributed by atoms with E-state index < -0.39 is 0 Å². The maximum absolute atomic E-state index is 11.7. The molecule has 2 heterocycles. The summed E-state index contributed by atoms with van der Waals surface area (Å²) < 4.78 is 6.60. The van der Waals surface area contributed by atoms with Crippen molar-refractivity contribution in [3.05, 3.63) is 28.1 Å². The highest BCUT2D eigenvalue weighted by atomic mass is 35.5. The van der Waals surface area contributed by atoms with Gasteiger partial charge in [-0.3, -0.25) is 9.48 Å². The van der Waals surface area contributed by atoms with Crippen LogP contribution in [0.3, 0.4) is 0 Å². The van der Waals surface area contributed by atoms with Crippen LogP contribution in [0, 0.1) is 13.8 Å². The predicted molar refractivity (Wildman–Crippen MR) is 72.7 cm³/mol. The van der Waals surface area contributed by atoms with Gasteiger partial charge in [0, 0.05) is 6.04 Å². The van der Waals surface area contributed by atoms with Gasteiger partial charge in [-0.25, -0.2) is 0 Å². The number of amides is 1. The van der Waals surface area contributed by atoms with Crippen LogP contribution in [0.1, 0.15) is 41.7 Å². The number of aryl methyl sites for hydroxylation is 1. The van der Waals surface area contributed by atoms with E-state index in [1.807, 2.05) is 27.7 Å². The SMILES string of the molecule is Cc1nn(Cc2noc(C(=O)NC(C)C)n2)c(C)c1Cl. The number of carbonyl (C=O) groups is 1. The standard InChI is InChI=1S/C12H16ClN5O2/c1-6(2)14-11(19)12-15-9(17-20-12)5-18-8(4)10(13)7(3)16-18/h6H,5H2,1-4H3,(H,14,19). The van der Waals surface area contributed by atoms with Gasteiger partial charge in [-0.15, -0.1) is 0 Å². The Labute approximate surface area is 121 Å². The molecule has 0 aliphatic heterocycles. The number of hydrogen-bond donors (Lipinski definition) is 1. The number of hydrogen-bond acceptors (Lipinski definition) is 5. The largest absolute Gasteiger partial charge is 0.346 e. The molecule has 2 aromatic rings. The minimum absolute atomic E-state index is 0.00710. The number of aromatic nitrogens is 4. The third-order valence-corrected chi connectivity index (χ3v) is 3.21. The maximum Gasteiger partial charge on any atom is 0.316 e. The first-order valence-corrected chi connectivity index (χ1v) is 6.59. The summed E-state index contributed by atoms with van der Waals surface area (Å²) in [6.07, 6.45) is 0. The molecule has 2 aromatic heterocycles. The zero-order chi connectivity index (χ0) is 14.9. The summed E-state index contributed by atoms with van der Waals surface area (Å²) in [6.45, 7) is 7.69. The van der Waals surface area contributed by atoms with Gasteiger partial charge in [-0.2, -0.15) is 10.1 Å². The van der Waals surface area contributed by atoms with E-state index in [1.54, 1.807) is 4.68 Å². The van der Waals surface area contributed by atoms with Gasteiger partial charge < -0.3 is 9.84 Å². The molecule has 0 aliphatic carbocycles. The molecule has 0 fully saturated rings. The van der Waals surface area contributed by atoms with Crippen molar-refractivity contribution in [2.75, 3.05) is 0 Å². The third-order valence-electron chi connectivity index (χ3n) is 2.67. The number of nitrogens with one attached hydrogen (secondary N) is 1. The van der Waals surface area contributed by atoms with Crippen molar-refractivity contribution >= 4 is 17.5 Å². The van der Waals surface area contributed by atoms with Gasteiger partial charge in [0.25, 0.3) is 0 Å². The Bertz CT molecular complexity index is 632. The Hall–Kier alpha value is -1.89. The van der Waals surface area contributed by atoms with E-state index in [2.05, 4.69) is 20.6 Å². The average molecular weight is 298 g/mol. The molecule has 0 bridgehead atoms. The molecule has 20 heavy (non-hydrogen) atoms. The summed E-state index contributed by atoms with van der Waals surface area (Å²) in [6, 6.07) is 0.00710. The fourth-order valence-electron chi connectivity index (χ4n) is 1.70. The van der Waals surface area contributed by atoms with Crippen molar-refractivity contribution in [1.82, 2.24) is 25.2 Å². The summed E-state index contributed by atoms with van der Waals surface area (Å²) in [4.78, 5) is 15.7. The van der Waals surface area contributed by atoms with Crippen LogP contribution in [0.15, 0.2) is 4.52 Å². The first-order valence-electron chi connectivity index (χ1n) is 6.21. The van der Waals surface area contributed by atoms with E-state index in [-0.39, 0.29) is 17.8 Å². The van der Waals surface area contributed by atoms with Gasteiger partial charge >= 0.3 is 11.8 Å². The molecule has 0 aliphatic rings. The fraction of sp³-hybridized carbons (Fsp3) is 0.500. The molecule has 0 atom stereocenters. The van der Waals surface area contributed by atoms with Gasteiger partial charge in [0.2, 0.25) is 0 Å². The highest BCUT2D eigenvalue weighted by Gasteiger charge is 2.17. The second-order valence-electron chi connectivity index (χ2n) is 4.79. The summed E-state index contributed by atoms with van der Waals surface area (Å²) >= 11 is 6.07. The lowest BCUT2D eigenvalue weighted by Gasteiger charge is -2.03. The average Bonchev–Trinajstić information content (AvgIpc) is 2.91. The van der Waals surface area contributed by atoms with Crippen LogP contribution in [-0.2, 0) is 6.54 Å². The second kappa shape index (κ2) is 5.62. The zero-order valence-corrected chi connectivity index (χ0v) is 12.5. The van der Waals surface area contributed by atoms with Gasteiger partial charge in [-0.1, -0.05) is 16.8 Å². The van der Waals surface area contributed by atoms with Crippen molar-refractivity contribution in [3.8, 4) is 0 Å². The van der Waals surface area contributed by atoms with Crippen LogP contribution < -0.4 is 5.32 Å². The van der Waals surface area contributed by atoms with Crippen molar-refractivity contribution in [2.24, 2.45) is 0 Å². The van der Waals surface area contributed by atoms with E-state index in [9.17, 15) is 4.79 Å². The minimum Gasteiger partial charge on any atom is -0.346 e. The number of halogens is 1. The Balaban J connectivity index is 2.13. The molecular formula is C12H16ClN5O2. The van der Waals surface area contributed by atoms with Gasteiger partial charge in [0.15, 0.2) is 5.82 Å². The van der Waals surface area contributed by atoms with Crippen molar-refractivity contribution in [3.63, 3.8) is 0 Å². The molecule has 108 valence electrons. The molecule has 0 radical (unpaired) electrons. The molecule has 0 saturated heterocycles. The Morgan fingerprint density at radius 2 is 2.15 bits per heavy atom. The topological polar surface area (TPSA) is 85.8 Å². The van der Waals surface area contributed by atoms with Crippen molar-refractivity contribution < 1.29 is 9.32 Å². The Morgan fingerprint density at radius 1 is 1.45 bits per heavy atom. The van der Waals surface area contributed by atoms with Gasteiger partial charge in [-0.05, 0) is 27.7 Å². The zero-order valence-electron chi connectivity index (χ0n) is 11.8. The molecule has 1 amide bonds. The van der Waals surface area contributed by atoms with E-state index >= 15 is 0 Å². The molecular weight excluding hydrogens is 282 g/mol. The summed E-state index contributed by atoms with van der Waals surface area (Å²) in [5.41, 5.74) is 1.56.